The van der Waals surface area contributed by atoms with Crippen LogP contribution in [-0.2, 0) is 13.1 Å². The van der Waals surface area contributed by atoms with E-state index in [-0.39, 0.29) is 11.5 Å². The van der Waals surface area contributed by atoms with Crippen molar-refractivity contribution in [3.05, 3.63) is 163 Å². The number of aliphatic hydroxyl groups excluding tert-OH is 1. The monoisotopic (exact) mass is 698 g/mol. The summed E-state index contributed by atoms with van der Waals surface area (Å²) in [7, 11) is 0. The van der Waals surface area contributed by atoms with Crippen molar-refractivity contribution in [2.24, 2.45) is 0 Å². The number of hydrogen-bond acceptors (Lipinski definition) is 4. The number of unbranched alkanes of at least 4 members (excludes halogenated alkanes) is 2. The number of ether oxygens (including phenoxy) is 2. The lowest BCUT2D eigenvalue weighted by Gasteiger charge is -2.13. The van der Waals surface area contributed by atoms with Gasteiger partial charge in [0.2, 0.25) is 0 Å². The van der Waals surface area contributed by atoms with Crippen LogP contribution in [0.3, 0.4) is 0 Å². The number of hydrogen-bond donors (Lipinski definition) is 1. The molecular formula is C47H42N2O4. The van der Waals surface area contributed by atoms with Gasteiger partial charge in [0, 0.05) is 80.0 Å². The Labute approximate surface area is 309 Å². The van der Waals surface area contributed by atoms with E-state index >= 15 is 0 Å². The van der Waals surface area contributed by atoms with Gasteiger partial charge < -0.3 is 23.7 Å². The highest BCUT2D eigenvalue weighted by atomic mass is 16.5. The summed E-state index contributed by atoms with van der Waals surface area (Å²) in [6, 6.07) is 48.6. The molecule has 0 fully saturated rings. The van der Waals surface area contributed by atoms with Crippen molar-refractivity contribution in [1.82, 2.24) is 9.13 Å². The normalized spacial score (nSPS) is 11.9. The first-order chi connectivity index (χ1) is 26.1. The topological polar surface area (TPSA) is 65.6 Å². The van der Waals surface area contributed by atoms with Gasteiger partial charge in [0.1, 0.15) is 17.3 Å². The average Bonchev–Trinajstić information content (AvgIpc) is 3.70. The van der Waals surface area contributed by atoms with Gasteiger partial charge >= 0.3 is 0 Å². The van der Waals surface area contributed by atoms with Gasteiger partial charge in [0.25, 0.3) is 0 Å². The Balaban J connectivity index is 0.936. The Morgan fingerprint density at radius 3 is 1.32 bits per heavy atom. The third kappa shape index (κ3) is 7.26. The van der Waals surface area contributed by atoms with E-state index in [4.69, 9.17) is 9.47 Å². The quantitative estimate of drug-likeness (QED) is 0.0501. The second-order valence-electron chi connectivity index (χ2n) is 13.4. The summed E-state index contributed by atoms with van der Waals surface area (Å²) in [5, 5.41) is 16.2. The third-order valence-corrected chi connectivity index (χ3v) is 9.95. The predicted molar refractivity (Wildman–Crippen MR) is 216 cm³/mol. The van der Waals surface area contributed by atoms with Gasteiger partial charge in [-0.05, 0) is 62.1 Å². The SMILES string of the molecule is O=C(/C=C(/O)c1cc(OCCCCn2c3ccccc3c3ccccc32)cc(OCCCCn2c3ccccc3c3ccccc32)c1)c1ccccc1. The van der Waals surface area contributed by atoms with Crippen LogP contribution in [0.2, 0.25) is 0 Å². The highest BCUT2D eigenvalue weighted by Gasteiger charge is 2.13. The number of ketones is 1. The number of carbonyl (C=O) groups excluding carboxylic acids is 1. The van der Waals surface area contributed by atoms with Crippen molar-refractivity contribution in [3.8, 4) is 11.5 Å². The van der Waals surface area contributed by atoms with Crippen LogP contribution in [0.5, 0.6) is 11.5 Å². The molecule has 0 saturated carbocycles. The van der Waals surface area contributed by atoms with Crippen molar-refractivity contribution in [1.29, 1.82) is 0 Å². The molecular weight excluding hydrogens is 657 g/mol. The first kappa shape index (κ1) is 33.9. The minimum Gasteiger partial charge on any atom is -0.507 e. The van der Waals surface area contributed by atoms with E-state index in [9.17, 15) is 9.90 Å². The summed E-state index contributed by atoms with van der Waals surface area (Å²) in [4.78, 5) is 12.9. The predicted octanol–water partition coefficient (Wildman–Crippen LogP) is 11.4. The molecule has 6 aromatic carbocycles. The first-order valence-corrected chi connectivity index (χ1v) is 18.5. The molecule has 0 bridgehead atoms. The summed E-state index contributed by atoms with van der Waals surface area (Å²) in [5.41, 5.74) is 5.95. The number of fused-ring (bicyclic) bond motifs is 6. The lowest BCUT2D eigenvalue weighted by molar-refractivity contribution is 0.104. The van der Waals surface area contributed by atoms with Crippen LogP contribution in [0.1, 0.15) is 41.6 Å². The van der Waals surface area contributed by atoms with Gasteiger partial charge in [-0.25, -0.2) is 0 Å². The summed E-state index contributed by atoms with van der Waals surface area (Å²) in [6.07, 6.45) is 4.83. The maximum Gasteiger partial charge on any atom is 0.189 e. The lowest BCUT2D eigenvalue weighted by Crippen LogP contribution is -2.04. The zero-order chi connectivity index (χ0) is 36.0. The van der Waals surface area contributed by atoms with Gasteiger partial charge in [-0.3, -0.25) is 4.79 Å². The maximum absolute atomic E-state index is 12.9. The number of carbonyl (C=O) groups is 1. The van der Waals surface area contributed by atoms with Crippen molar-refractivity contribution in [2.75, 3.05) is 13.2 Å². The number of rotatable bonds is 15. The van der Waals surface area contributed by atoms with E-state index < -0.39 is 0 Å². The average molecular weight is 699 g/mol. The molecule has 6 nitrogen and oxygen atoms in total. The van der Waals surface area contributed by atoms with Crippen molar-refractivity contribution in [3.63, 3.8) is 0 Å². The molecule has 0 amide bonds. The fourth-order valence-electron chi connectivity index (χ4n) is 7.39. The lowest BCUT2D eigenvalue weighted by atomic mass is 10.1. The number of allylic oxidation sites excluding steroid dienone is 1. The van der Waals surface area contributed by atoms with Crippen LogP contribution in [-0.4, -0.2) is 33.2 Å². The summed E-state index contributed by atoms with van der Waals surface area (Å²) in [5.74, 6) is 0.775. The Hall–Kier alpha value is -6.27. The first-order valence-electron chi connectivity index (χ1n) is 18.5. The van der Waals surface area contributed by atoms with E-state index in [1.54, 1.807) is 36.4 Å². The Morgan fingerprint density at radius 2 is 0.887 bits per heavy atom. The van der Waals surface area contributed by atoms with Crippen LogP contribution in [0.25, 0.3) is 49.4 Å². The van der Waals surface area contributed by atoms with E-state index in [0.29, 0.717) is 35.8 Å². The third-order valence-electron chi connectivity index (χ3n) is 9.95. The van der Waals surface area contributed by atoms with Gasteiger partial charge in [-0.2, -0.15) is 0 Å². The molecule has 2 heterocycles. The van der Waals surface area contributed by atoms with E-state index in [1.165, 1.54) is 49.7 Å². The van der Waals surface area contributed by atoms with Crippen molar-refractivity contribution in [2.45, 2.75) is 38.8 Å². The number of para-hydroxylation sites is 4. The maximum atomic E-state index is 12.9. The molecule has 1 N–H and O–H groups in total. The van der Waals surface area contributed by atoms with Crippen molar-refractivity contribution < 1.29 is 19.4 Å². The van der Waals surface area contributed by atoms with E-state index in [0.717, 1.165) is 38.8 Å². The number of nitrogens with zero attached hydrogens (tertiary/aromatic N) is 2. The molecule has 2 aromatic heterocycles. The number of aliphatic hydroxyl groups is 1. The second-order valence-corrected chi connectivity index (χ2v) is 13.4. The molecule has 0 saturated heterocycles. The fraction of sp³-hybridized carbons (Fsp3) is 0.170. The Morgan fingerprint density at radius 1 is 0.491 bits per heavy atom. The van der Waals surface area contributed by atoms with Gasteiger partial charge in [0.15, 0.2) is 5.78 Å². The molecule has 0 radical (unpaired) electrons. The molecule has 0 spiro atoms. The van der Waals surface area contributed by atoms with Gasteiger partial charge in [0.05, 0.1) is 13.2 Å². The van der Waals surface area contributed by atoms with E-state index in [2.05, 4.69) is 106 Å². The van der Waals surface area contributed by atoms with Crippen molar-refractivity contribution >= 4 is 55.2 Å². The zero-order valence-electron chi connectivity index (χ0n) is 29.7. The van der Waals surface area contributed by atoms with Gasteiger partial charge in [-0.1, -0.05) is 103 Å². The largest absolute Gasteiger partial charge is 0.507 e. The molecule has 53 heavy (non-hydrogen) atoms. The van der Waals surface area contributed by atoms with Crippen LogP contribution in [0, 0.1) is 0 Å². The Bertz CT molecular complexity index is 2310. The number of aromatic nitrogens is 2. The molecule has 0 aliphatic rings. The molecule has 0 aliphatic carbocycles. The highest BCUT2D eigenvalue weighted by Crippen LogP contribution is 2.31. The van der Waals surface area contributed by atoms with Crippen LogP contribution in [0.4, 0.5) is 0 Å². The van der Waals surface area contributed by atoms with Crippen LogP contribution < -0.4 is 9.47 Å². The number of aryl methyl sites for hydroxylation is 2. The van der Waals surface area contributed by atoms with Crippen LogP contribution >= 0.6 is 0 Å². The molecule has 0 atom stereocenters. The molecule has 0 unspecified atom stereocenters. The fourth-order valence-corrected chi connectivity index (χ4v) is 7.39. The minimum atomic E-state index is -0.271. The molecule has 8 rings (SSSR count). The summed E-state index contributed by atoms with van der Waals surface area (Å²) >= 11 is 0. The molecule has 0 aliphatic heterocycles. The zero-order valence-corrected chi connectivity index (χ0v) is 29.7. The Kier molecular flexibility index (Phi) is 9.93. The van der Waals surface area contributed by atoms with E-state index in [1.807, 2.05) is 12.1 Å². The van der Waals surface area contributed by atoms with Gasteiger partial charge in [-0.15, -0.1) is 0 Å². The molecule has 8 aromatic rings. The highest BCUT2D eigenvalue weighted by molar-refractivity contribution is 6.09. The number of benzene rings is 6. The summed E-state index contributed by atoms with van der Waals surface area (Å²) in [6.45, 7) is 2.77. The van der Waals surface area contributed by atoms with Crippen LogP contribution in [0.15, 0.2) is 152 Å². The minimum absolute atomic E-state index is 0.133. The molecule has 6 heteroatoms. The molecule has 264 valence electrons. The summed E-state index contributed by atoms with van der Waals surface area (Å²) < 4.78 is 17.3. The standard InChI is InChI=1S/C47H42N2O4/c50-46(34-16-2-1-3-17-34)33-47(51)35-30-36(52-28-14-12-26-48-42-22-8-4-18-38(42)39-19-5-9-23-43(39)48)32-37(31-35)53-29-15-13-27-49-44-24-10-6-20-40(44)41-21-7-11-25-45(41)49/h1-11,16-25,30-33,51H,12-15,26-29H2/b47-33+. The smallest absolute Gasteiger partial charge is 0.189 e. The second kappa shape index (κ2) is 15.5.